The zero-order valence-electron chi connectivity index (χ0n) is 20.1. The van der Waals surface area contributed by atoms with E-state index in [1.807, 2.05) is 0 Å². The number of imide groups is 1. The van der Waals surface area contributed by atoms with Gasteiger partial charge in [0.2, 0.25) is 0 Å². The number of nitro groups is 1. The first kappa shape index (κ1) is 25.2. The number of hydrogen-bond acceptors (Lipinski definition) is 10. The Morgan fingerprint density at radius 1 is 1.02 bits per heavy atom. The lowest BCUT2D eigenvalue weighted by molar-refractivity contribution is -0.384. The Kier molecular flexibility index (Phi) is 6.42. The van der Waals surface area contributed by atoms with Gasteiger partial charge >= 0.3 is 0 Å². The number of nitrogens with one attached hydrogen (secondary N) is 1. The van der Waals surface area contributed by atoms with Crippen LogP contribution in [0.15, 0.2) is 97.8 Å². The van der Waals surface area contributed by atoms with Gasteiger partial charge in [0.25, 0.3) is 23.4 Å². The van der Waals surface area contributed by atoms with Crippen molar-refractivity contribution in [3.05, 3.63) is 111 Å². The third-order valence-corrected chi connectivity index (χ3v) is 7.87. The molecule has 13 heteroatoms. The molecule has 196 valence electrons. The summed E-state index contributed by atoms with van der Waals surface area (Å²) in [7, 11) is 0. The van der Waals surface area contributed by atoms with Gasteiger partial charge in [0.05, 0.1) is 38.2 Å². The standard InChI is InChI=1S/C27H15N5O6S2/c33-24(15-4-3-5-17(12-15)32(36)37)30-28-14-18-9-11-23(38-18)40-27-29-21-10-8-16(13-22(21)39-27)31-25(34)19-6-1-2-7-20(19)26(31)35/h1-14H,(H,30,33)/b28-14-. The van der Waals surface area contributed by atoms with Crippen molar-refractivity contribution < 1.29 is 23.7 Å². The molecule has 0 spiro atoms. The molecule has 1 aliphatic heterocycles. The summed E-state index contributed by atoms with van der Waals surface area (Å²) in [6, 6.07) is 20.7. The summed E-state index contributed by atoms with van der Waals surface area (Å²) >= 11 is 2.67. The average molecular weight is 570 g/mol. The number of hydrogen-bond donors (Lipinski definition) is 1. The summed E-state index contributed by atoms with van der Waals surface area (Å²) in [5.74, 6) is -0.942. The Morgan fingerprint density at radius 2 is 1.80 bits per heavy atom. The van der Waals surface area contributed by atoms with Crippen LogP contribution in [0.5, 0.6) is 0 Å². The van der Waals surface area contributed by atoms with Gasteiger partial charge in [0, 0.05) is 17.7 Å². The van der Waals surface area contributed by atoms with Crippen molar-refractivity contribution in [2.75, 3.05) is 4.90 Å². The van der Waals surface area contributed by atoms with Crippen molar-refractivity contribution in [3.63, 3.8) is 0 Å². The first-order chi connectivity index (χ1) is 19.4. The van der Waals surface area contributed by atoms with Crippen LogP contribution in [0.3, 0.4) is 0 Å². The normalized spacial score (nSPS) is 12.8. The van der Waals surface area contributed by atoms with Gasteiger partial charge in [-0.15, -0.1) is 11.3 Å². The highest BCUT2D eigenvalue weighted by Crippen LogP contribution is 2.37. The van der Waals surface area contributed by atoms with E-state index in [2.05, 4.69) is 15.5 Å². The quantitative estimate of drug-likeness (QED) is 0.117. The van der Waals surface area contributed by atoms with Crippen LogP contribution in [-0.2, 0) is 0 Å². The van der Waals surface area contributed by atoms with E-state index in [-0.39, 0.29) is 23.1 Å². The number of carbonyl (C=O) groups is 3. The molecule has 0 fully saturated rings. The van der Waals surface area contributed by atoms with Gasteiger partial charge in [-0.2, -0.15) is 5.10 Å². The van der Waals surface area contributed by atoms with Crippen molar-refractivity contribution in [1.29, 1.82) is 0 Å². The van der Waals surface area contributed by atoms with Gasteiger partial charge in [-0.05, 0) is 60.3 Å². The summed E-state index contributed by atoms with van der Waals surface area (Å²) in [4.78, 5) is 54.0. The highest BCUT2D eigenvalue weighted by molar-refractivity contribution is 8.01. The monoisotopic (exact) mass is 569 g/mol. The van der Waals surface area contributed by atoms with Crippen molar-refractivity contribution in [1.82, 2.24) is 10.4 Å². The van der Waals surface area contributed by atoms with Crippen LogP contribution in [0.2, 0.25) is 0 Å². The molecule has 11 nitrogen and oxygen atoms in total. The topological polar surface area (TPSA) is 148 Å². The maximum Gasteiger partial charge on any atom is 0.271 e. The number of fused-ring (bicyclic) bond motifs is 2. The number of rotatable bonds is 7. The number of anilines is 1. The van der Waals surface area contributed by atoms with E-state index in [0.717, 1.165) is 10.8 Å². The zero-order chi connectivity index (χ0) is 27.8. The number of benzene rings is 3. The molecule has 0 saturated carbocycles. The van der Waals surface area contributed by atoms with Gasteiger partial charge in [0.15, 0.2) is 9.43 Å². The predicted octanol–water partition coefficient (Wildman–Crippen LogP) is 5.51. The molecule has 3 aromatic carbocycles. The molecule has 0 radical (unpaired) electrons. The lowest BCUT2D eigenvalue weighted by Crippen LogP contribution is -2.29. The molecule has 3 amide bonds. The van der Waals surface area contributed by atoms with E-state index < -0.39 is 10.8 Å². The van der Waals surface area contributed by atoms with Gasteiger partial charge < -0.3 is 4.42 Å². The fraction of sp³-hybridized carbons (Fsp3) is 0. The summed E-state index contributed by atoms with van der Waals surface area (Å²) in [5, 5.41) is 15.3. The van der Waals surface area contributed by atoms with E-state index in [1.165, 1.54) is 52.4 Å². The van der Waals surface area contributed by atoms with Crippen LogP contribution in [0.4, 0.5) is 11.4 Å². The van der Waals surface area contributed by atoms with Crippen molar-refractivity contribution in [2.24, 2.45) is 5.10 Å². The van der Waals surface area contributed by atoms with Crippen molar-refractivity contribution >= 4 is 68.6 Å². The smallest absolute Gasteiger partial charge is 0.271 e. The second-order valence-corrected chi connectivity index (χ2v) is 10.7. The minimum absolute atomic E-state index is 0.101. The van der Waals surface area contributed by atoms with E-state index in [1.54, 1.807) is 54.6 Å². The number of nitro benzene ring substituents is 1. The fourth-order valence-electron chi connectivity index (χ4n) is 4.02. The highest BCUT2D eigenvalue weighted by Gasteiger charge is 2.36. The van der Waals surface area contributed by atoms with Crippen LogP contribution in [0.1, 0.15) is 36.8 Å². The summed E-state index contributed by atoms with van der Waals surface area (Å²) < 4.78 is 7.22. The molecular weight excluding hydrogens is 554 g/mol. The third kappa shape index (κ3) is 4.74. The van der Waals surface area contributed by atoms with Crippen LogP contribution in [-0.4, -0.2) is 33.8 Å². The maximum atomic E-state index is 12.8. The largest absolute Gasteiger partial charge is 0.448 e. The Morgan fingerprint density at radius 3 is 2.55 bits per heavy atom. The van der Waals surface area contributed by atoms with Gasteiger partial charge in [0.1, 0.15) is 5.76 Å². The van der Waals surface area contributed by atoms with E-state index in [9.17, 15) is 24.5 Å². The van der Waals surface area contributed by atoms with Crippen molar-refractivity contribution in [3.8, 4) is 0 Å². The maximum absolute atomic E-state index is 12.8. The van der Waals surface area contributed by atoms with E-state index >= 15 is 0 Å². The van der Waals surface area contributed by atoms with E-state index in [4.69, 9.17) is 4.42 Å². The molecule has 40 heavy (non-hydrogen) atoms. The molecule has 0 bridgehead atoms. The first-order valence-corrected chi connectivity index (χ1v) is 13.2. The summed E-state index contributed by atoms with van der Waals surface area (Å²) in [6.45, 7) is 0. The average Bonchev–Trinajstić information content (AvgIpc) is 3.64. The van der Waals surface area contributed by atoms with Crippen LogP contribution in [0, 0.1) is 10.1 Å². The molecular formula is C27H15N5O6S2. The molecule has 0 unspecified atom stereocenters. The summed E-state index contributed by atoms with van der Waals surface area (Å²) in [5.41, 5.74) is 4.17. The molecule has 0 saturated heterocycles. The second kappa shape index (κ2) is 10.2. The Labute approximate surface area is 233 Å². The SMILES string of the molecule is O=C(N/N=C\c1ccc(Sc2nc3ccc(N4C(=O)c5ccccc5C4=O)cc3s2)o1)c1cccc([N+](=O)[O-])c1. The number of amides is 3. The number of carbonyl (C=O) groups excluding carboxylic acids is 3. The van der Waals surface area contributed by atoms with Gasteiger partial charge in [-0.1, -0.05) is 18.2 Å². The van der Waals surface area contributed by atoms with Crippen LogP contribution < -0.4 is 10.3 Å². The lowest BCUT2D eigenvalue weighted by atomic mass is 10.1. The van der Waals surface area contributed by atoms with Crippen LogP contribution >= 0.6 is 23.1 Å². The predicted molar refractivity (Wildman–Crippen MR) is 148 cm³/mol. The summed E-state index contributed by atoms with van der Waals surface area (Å²) in [6.07, 6.45) is 1.31. The molecule has 1 aliphatic rings. The van der Waals surface area contributed by atoms with E-state index in [0.29, 0.717) is 37.5 Å². The minimum atomic E-state index is -0.601. The molecule has 0 atom stereocenters. The number of nitrogens with zero attached hydrogens (tertiary/aromatic N) is 4. The third-order valence-electron chi connectivity index (χ3n) is 5.87. The van der Waals surface area contributed by atoms with Crippen molar-refractivity contribution in [2.45, 2.75) is 9.43 Å². The Bertz CT molecular complexity index is 1840. The zero-order valence-corrected chi connectivity index (χ0v) is 21.8. The highest BCUT2D eigenvalue weighted by atomic mass is 32.2. The van der Waals surface area contributed by atoms with Gasteiger partial charge in [-0.25, -0.2) is 15.3 Å². The minimum Gasteiger partial charge on any atom is -0.448 e. The fourth-order valence-corrected chi connectivity index (χ4v) is 6.03. The molecule has 6 rings (SSSR count). The number of furan rings is 1. The second-order valence-electron chi connectivity index (χ2n) is 8.39. The molecule has 3 heterocycles. The molecule has 1 N–H and O–H groups in total. The molecule has 0 aliphatic carbocycles. The number of hydrazone groups is 1. The molecule has 2 aromatic heterocycles. The number of non-ortho nitro benzene ring substituents is 1. The molecule has 5 aromatic rings. The number of thiazole rings is 1. The first-order valence-electron chi connectivity index (χ1n) is 11.6. The van der Waals surface area contributed by atoms with Crippen LogP contribution in [0.25, 0.3) is 10.2 Å². The number of aromatic nitrogens is 1. The Hall–Kier alpha value is -5.14. The van der Waals surface area contributed by atoms with Gasteiger partial charge in [-0.3, -0.25) is 24.5 Å². The lowest BCUT2D eigenvalue weighted by Gasteiger charge is -2.13. The Balaban J connectivity index is 1.12.